The van der Waals surface area contributed by atoms with Crippen molar-refractivity contribution < 1.29 is 0 Å². The summed E-state index contributed by atoms with van der Waals surface area (Å²) in [5.74, 6) is 0. The average molecular weight is 238 g/mol. The maximum Gasteiger partial charge on any atom is 0.0440 e. The van der Waals surface area contributed by atoms with Crippen molar-refractivity contribution in [2.45, 2.75) is 39.2 Å². The van der Waals surface area contributed by atoms with E-state index in [0.29, 0.717) is 11.5 Å². The van der Waals surface area contributed by atoms with Crippen molar-refractivity contribution in [3.05, 3.63) is 34.3 Å². The van der Waals surface area contributed by atoms with Crippen molar-refractivity contribution in [2.75, 3.05) is 7.05 Å². The van der Waals surface area contributed by atoms with Gasteiger partial charge in [0.2, 0.25) is 0 Å². The summed E-state index contributed by atoms with van der Waals surface area (Å²) in [6.45, 7) is 4.36. The fourth-order valence-corrected chi connectivity index (χ4v) is 2.71. The minimum absolute atomic E-state index is 0.452. The lowest BCUT2D eigenvalue weighted by Crippen LogP contribution is -2.33. The van der Waals surface area contributed by atoms with Crippen LogP contribution in [-0.4, -0.2) is 13.1 Å². The highest BCUT2D eigenvalue weighted by Gasteiger charge is 2.46. The zero-order valence-corrected chi connectivity index (χ0v) is 11.1. The highest BCUT2D eigenvalue weighted by molar-refractivity contribution is 6.31. The van der Waals surface area contributed by atoms with E-state index in [-0.39, 0.29) is 0 Å². The normalized spacial score (nSPS) is 19.5. The smallest absolute Gasteiger partial charge is 0.0440 e. The molecular weight excluding hydrogens is 218 g/mol. The molecule has 1 fully saturated rings. The molecule has 0 radical (unpaired) electrons. The highest BCUT2D eigenvalue weighted by atomic mass is 35.5. The molecule has 1 unspecified atom stereocenters. The first kappa shape index (κ1) is 11.9. The lowest BCUT2D eigenvalue weighted by Gasteiger charge is -2.23. The zero-order valence-electron chi connectivity index (χ0n) is 10.3. The van der Waals surface area contributed by atoms with E-state index in [9.17, 15) is 0 Å². The Kier molecular flexibility index (Phi) is 3.27. The van der Waals surface area contributed by atoms with Gasteiger partial charge in [0.25, 0.3) is 0 Å². The van der Waals surface area contributed by atoms with Crippen LogP contribution < -0.4 is 5.32 Å². The van der Waals surface area contributed by atoms with Crippen molar-refractivity contribution in [1.29, 1.82) is 0 Å². The van der Waals surface area contributed by atoms with Crippen LogP contribution >= 0.6 is 11.6 Å². The Bertz CT molecular complexity index is 382. The topological polar surface area (TPSA) is 12.0 Å². The average Bonchev–Trinajstić information content (AvgIpc) is 3.02. The summed E-state index contributed by atoms with van der Waals surface area (Å²) in [5, 5.41) is 4.30. The van der Waals surface area contributed by atoms with Crippen molar-refractivity contribution in [2.24, 2.45) is 5.41 Å². The van der Waals surface area contributed by atoms with E-state index in [1.165, 1.54) is 24.0 Å². The fourth-order valence-electron chi connectivity index (χ4n) is 2.40. The fraction of sp³-hybridized carbons (Fsp3) is 0.571. The van der Waals surface area contributed by atoms with Gasteiger partial charge < -0.3 is 5.32 Å². The minimum Gasteiger partial charge on any atom is -0.317 e. The summed E-state index contributed by atoms with van der Waals surface area (Å²) < 4.78 is 0. The summed E-state index contributed by atoms with van der Waals surface area (Å²) in [5.41, 5.74) is 2.99. The summed E-state index contributed by atoms with van der Waals surface area (Å²) in [4.78, 5) is 0. The molecule has 2 heteroatoms. The van der Waals surface area contributed by atoms with Gasteiger partial charge in [-0.1, -0.05) is 23.7 Å². The van der Waals surface area contributed by atoms with Gasteiger partial charge >= 0.3 is 0 Å². The van der Waals surface area contributed by atoms with E-state index in [4.69, 9.17) is 11.6 Å². The number of hydrogen-bond acceptors (Lipinski definition) is 1. The van der Waals surface area contributed by atoms with Crippen molar-refractivity contribution >= 4 is 11.6 Å². The third-order valence-corrected chi connectivity index (χ3v) is 4.35. The largest absolute Gasteiger partial charge is 0.317 e. The molecule has 0 aromatic heterocycles. The second-order valence-corrected chi connectivity index (χ2v) is 5.55. The Hall–Kier alpha value is -0.530. The molecular formula is C14H20ClN. The number of hydrogen-bond donors (Lipinski definition) is 1. The van der Waals surface area contributed by atoms with Crippen molar-refractivity contribution in [3.8, 4) is 0 Å². The lowest BCUT2D eigenvalue weighted by atomic mass is 9.89. The van der Waals surface area contributed by atoms with Crippen molar-refractivity contribution in [1.82, 2.24) is 5.32 Å². The molecule has 1 N–H and O–H groups in total. The zero-order chi connectivity index (χ0) is 11.8. The van der Waals surface area contributed by atoms with Gasteiger partial charge in [0.15, 0.2) is 0 Å². The Morgan fingerprint density at radius 1 is 1.44 bits per heavy atom. The predicted octanol–water partition coefficient (Wildman–Crippen LogP) is 3.58. The van der Waals surface area contributed by atoms with E-state index in [1.807, 2.05) is 7.05 Å². The quantitative estimate of drug-likeness (QED) is 0.844. The highest BCUT2D eigenvalue weighted by Crippen LogP contribution is 2.51. The number of nitrogens with one attached hydrogen (secondary N) is 1. The standard InChI is InChI=1S/C14H20ClN/c1-10-4-5-12(13(15)8-10)9-14(6-7-14)11(2)16-3/h4-5,8,11,16H,6-7,9H2,1-3H3. The van der Waals surface area contributed by atoms with Crippen molar-refractivity contribution in [3.63, 3.8) is 0 Å². The first-order chi connectivity index (χ1) is 7.57. The van der Waals surface area contributed by atoms with Crippen LogP contribution in [0.5, 0.6) is 0 Å². The van der Waals surface area contributed by atoms with Crippen LogP contribution in [0, 0.1) is 12.3 Å². The SMILES string of the molecule is CNC(C)C1(Cc2ccc(C)cc2Cl)CC1. The van der Waals surface area contributed by atoms with Gasteiger partial charge in [0.05, 0.1) is 0 Å². The maximum absolute atomic E-state index is 6.29. The number of rotatable bonds is 4. The van der Waals surface area contributed by atoms with Gasteiger partial charge in [-0.25, -0.2) is 0 Å². The second-order valence-electron chi connectivity index (χ2n) is 5.14. The second kappa shape index (κ2) is 4.38. The van der Waals surface area contributed by atoms with Crippen LogP contribution in [0.3, 0.4) is 0 Å². The molecule has 1 aromatic rings. The Balaban J connectivity index is 2.15. The summed E-state index contributed by atoms with van der Waals surface area (Å²) in [6, 6.07) is 6.98. The molecule has 0 saturated heterocycles. The Labute approximate surface area is 103 Å². The summed E-state index contributed by atoms with van der Waals surface area (Å²) in [6.07, 6.45) is 3.74. The Morgan fingerprint density at radius 2 is 2.12 bits per heavy atom. The summed E-state index contributed by atoms with van der Waals surface area (Å²) in [7, 11) is 2.04. The van der Waals surface area contributed by atoms with Crippen LogP contribution in [0.4, 0.5) is 0 Å². The monoisotopic (exact) mass is 237 g/mol. The molecule has 0 heterocycles. The van der Waals surface area contributed by atoms with Crippen LogP contribution in [0.15, 0.2) is 18.2 Å². The Morgan fingerprint density at radius 3 is 2.62 bits per heavy atom. The van der Waals surface area contributed by atoms with Gasteiger partial charge in [-0.3, -0.25) is 0 Å². The third kappa shape index (κ3) is 2.26. The number of benzene rings is 1. The molecule has 1 saturated carbocycles. The van der Waals surface area contributed by atoms with Crippen LogP contribution in [-0.2, 0) is 6.42 Å². The molecule has 0 amide bonds. The first-order valence-electron chi connectivity index (χ1n) is 6.00. The molecule has 0 spiro atoms. The third-order valence-electron chi connectivity index (χ3n) is 3.99. The van der Waals surface area contributed by atoms with Crippen LogP contribution in [0.1, 0.15) is 30.9 Å². The molecule has 0 bridgehead atoms. The molecule has 1 atom stereocenters. The summed E-state index contributed by atoms with van der Waals surface area (Å²) >= 11 is 6.29. The van der Waals surface area contributed by atoms with Gasteiger partial charge in [0, 0.05) is 11.1 Å². The van der Waals surface area contributed by atoms with Gasteiger partial charge in [0.1, 0.15) is 0 Å². The molecule has 88 valence electrons. The van der Waals surface area contributed by atoms with E-state index in [2.05, 4.69) is 37.4 Å². The van der Waals surface area contributed by atoms with E-state index in [1.54, 1.807) is 0 Å². The predicted molar refractivity (Wildman–Crippen MR) is 70.1 cm³/mol. The van der Waals surface area contributed by atoms with Gasteiger partial charge in [-0.15, -0.1) is 0 Å². The van der Waals surface area contributed by atoms with Crippen LogP contribution in [0.2, 0.25) is 5.02 Å². The molecule has 1 aliphatic carbocycles. The number of halogens is 1. The van der Waals surface area contributed by atoms with E-state index >= 15 is 0 Å². The number of aryl methyl sites for hydroxylation is 1. The first-order valence-corrected chi connectivity index (χ1v) is 6.37. The molecule has 1 aliphatic rings. The van der Waals surface area contributed by atoms with E-state index < -0.39 is 0 Å². The molecule has 1 nitrogen and oxygen atoms in total. The maximum atomic E-state index is 6.29. The molecule has 2 rings (SSSR count). The molecule has 0 aliphatic heterocycles. The van der Waals surface area contributed by atoms with Gasteiger partial charge in [-0.2, -0.15) is 0 Å². The van der Waals surface area contributed by atoms with E-state index in [0.717, 1.165) is 11.4 Å². The molecule has 16 heavy (non-hydrogen) atoms. The lowest BCUT2D eigenvalue weighted by molar-refractivity contribution is 0.369. The minimum atomic E-state index is 0.452. The van der Waals surface area contributed by atoms with Crippen LogP contribution in [0.25, 0.3) is 0 Å². The van der Waals surface area contributed by atoms with Gasteiger partial charge in [-0.05, 0) is 62.8 Å². The molecule has 1 aromatic carbocycles.